The summed E-state index contributed by atoms with van der Waals surface area (Å²) in [6, 6.07) is -1.94. The van der Waals surface area contributed by atoms with Crippen molar-refractivity contribution in [2.75, 3.05) is 6.54 Å². The first kappa shape index (κ1) is 40.2. The number of nitrogens with one attached hydrogen (secondary N) is 3. The second-order valence-corrected chi connectivity index (χ2v) is 10.5. The van der Waals surface area contributed by atoms with Crippen LogP contribution in [0.5, 0.6) is 0 Å². The fourth-order valence-electron chi connectivity index (χ4n) is 4.12. The monoisotopic (exact) mass is 587 g/mol. The van der Waals surface area contributed by atoms with Crippen molar-refractivity contribution in [3.8, 4) is 0 Å². The number of nitrogens with two attached hydrogens (primary N) is 2. The number of unbranched alkanes of at least 4 members (excludes halogenated alkanes) is 14. The average molecular weight is 588 g/mol. The van der Waals surface area contributed by atoms with Gasteiger partial charge in [0.05, 0.1) is 0 Å². The summed E-state index contributed by atoms with van der Waals surface area (Å²) in [7, 11) is 0. The van der Waals surface area contributed by atoms with E-state index < -0.39 is 30.0 Å². The van der Waals surface area contributed by atoms with E-state index in [-0.39, 0.29) is 24.7 Å². The Bertz CT molecular complexity index is 722. The fourth-order valence-corrected chi connectivity index (χ4v) is 4.12. The van der Waals surface area contributed by atoms with Crippen LogP contribution >= 0.6 is 0 Å². The molecule has 0 aliphatic rings. The van der Waals surface area contributed by atoms with E-state index >= 15 is 0 Å². The van der Waals surface area contributed by atoms with Crippen molar-refractivity contribution < 1.29 is 34.5 Å². The van der Waals surface area contributed by atoms with E-state index in [0.717, 1.165) is 19.3 Å². The van der Waals surface area contributed by atoms with Gasteiger partial charge in [-0.1, -0.05) is 96.8 Å². The summed E-state index contributed by atoms with van der Waals surface area (Å²) in [6.45, 7) is 2.73. The first-order chi connectivity index (χ1) is 19.5. The molecule has 0 saturated heterocycles. The number of carboxylic acid groups (broad SMARTS) is 3. The normalized spacial score (nSPS) is 12.0. The fraction of sp³-hybridized carbons (Fsp3) is 0.828. The van der Waals surface area contributed by atoms with Gasteiger partial charge in [-0.05, 0) is 25.7 Å². The van der Waals surface area contributed by atoms with E-state index in [9.17, 15) is 19.2 Å². The Morgan fingerprint density at radius 3 is 1.54 bits per heavy atom. The lowest BCUT2D eigenvalue weighted by molar-refractivity contribution is -0.143. The molecule has 10 N–H and O–H groups in total. The van der Waals surface area contributed by atoms with E-state index in [0.29, 0.717) is 25.8 Å². The van der Waals surface area contributed by atoms with Crippen molar-refractivity contribution in [1.29, 1.82) is 5.41 Å². The molecule has 0 radical (unpaired) electrons. The summed E-state index contributed by atoms with van der Waals surface area (Å²) >= 11 is 0. The van der Waals surface area contributed by atoms with E-state index in [1.807, 2.05) is 0 Å². The van der Waals surface area contributed by atoms with Crippen LogP contribution in [0.25, 0.3) is 0 Å². The molecule has 0 saturated carbocycles. The number of amides is 1. The lowest BCUT2D eigenvalue weighted by atomic mass is 10.0. The Balaban J connectivity index is 0. The van der Waals surface area contributed by atoms with Gasteiger partial charge in [0.15, 0.2) is 5.96 Å². The predicted octanol–water partition coefficient (Wildman–Crippen LogP) is 4.34. The average Bonchev–Trinajstić information content (AvgIpc) is 2.91. The Morgan fingerprint density at radius 2 is 1.15 bits per heavy atom. The molecule has 2 atom stereocenters. The van der Waals surface area contributed by atoms with Crippen LogP contribution in [0.2, 0.25) is 0 Å². The standard InChI is InChI=1S/C23H43NO5.C6H14N4O2/c1-2-3-4-5-6-7-8-9-10-11-12-13-14-15-16-17-21(25)24-20(23(28)29)18-19-22(26)27;7-4(5(11)12)2-1-3-10-6(8)9/h20H,2-19H2,1H3,(H,24,25)(H,26,27)(H,28,29);4H,1-3,7H2,(H,11,12)(H4,8,9,10)/t20-;4-/m00/s1. The minimum Gasteiger partial charge on any atom is -0.481 e. The van der Waals surface area contributed by atoms with E-state index in [1.165, 1.54) is 77.0 Å². The Kier molecular flexibility index (Phi) is 28.1. The molecule has 0 aliphatic heterocycles. The van der Waals surface area contributed by atoms with Crippen LogP contribution in [0.15, 0.2) is 0 Å². The van der Waals surface area contributed by atoms with Crippen LogP contribution in [0, 0.1) is 5.41 Å². The molecule has 0 heterocycles. The molecule has 1 amide bonds. The number of guanidine groups is 1. The second-order valence-electron chi connectivity index (χ2n) is 10.5. The number of hydrogen-bond acceptors (Lipinski definition) is 6. The molecular formula is C29H57N5O7. The minimum atomic E-state index is -1.18. The summed E-state index contributed by atoms with van der Waals surface area (Å²) in [5.41, 5.74) is 10.2. The van der Waals surface area contributed by atoms with E-state index in [1.54, 1.807) is 0 Å². The smallest absolute Gasteiger partial charge is 0.326 e. The molecule has 12 nitrogen and oxygen atoms in total. The maximum absolute atomic E-state index is 11.8. The van der Waals surface area contributed by atoms with E-state index in [2.05, 4.69) is 17.6 Å². The Hall–Kier alpha value is -2.89. The van der Waals surface area contributed by atoms with Crippen LogP contribution in [-0.2, 0) is 19.2 Å². The summed E-state index contributed by atoms with van der Waals surface area (Å²) in [4.78, 5) is 43.6. The van der Waals surface area contributed by atoms with Gasteiger partial charge in [0.1, 0.15) is 12.1 Å². The van der Waals surface area contributed by atoms with Crippen molar-refractivity contribution >= 4 is 29.8 Å². The first-order valence-electron chi connectivity index (χ1n) is 15.3. The van der Waals surface area contributed by atoms with Gasteiger partial charge in [-0.3, -0.25) is 19.8 Å². The highest BCUT2D eigenvalue weighted by Gasteiger charge is 2.20. The largest absolute Gasteiger partial charge is 0.481 e. The van der Waals surface area contributed by atoms with Crippen LogP contribution in [-0.4, -0.2) is 63.7 Å². The van der Waals surface area contributed by atoms with Gasteiger partial charge in [-0.25, -0.2) is 4.79 Å². The lowest BCUT2D eigenvalue weighted by Crippen LogP contribution is -2.41. The lowest BCUT2D eigenvalue weighted by Gasteiger charge is -2.13. The molecule has 0 aromatic heterocycles. The topological polar surface area (TPSA) is 229 Å². The number of hydrogen-bond donors (Lipinski definition) is 8. The highest BCUT2D eigenvalue weighted by atomic mass is 16.4. The zero-order chi connectivity index (χ0) is 31.3. The van der Waals surface area contributed by atoms with Gasteiger partial charge < -0.3 is 37.4 Å². The number of carboxylic acids is 3. The SMILES string of the molecule is CCCCCCCCCCCCCCCCCC(=O)N[C@@H](CCC(=O)O)C(=O)O.N=C(N)NCCC[C@H](N)C(=O)O. The van der Waals surface area contributed by atoms with Gasteiger partial charge >= 0.3 is 17.9 Å². The zero-order valence-electron chi connectivity index (χ0n) is 25.1. The van der Waals surface area contributed by atoms with Crippen LogP contribution in [0.3, 0.4) is 0 Å². The molecule has 240 valence electrons. The molecule has 0 unspecified atom stereocenters. The van der Waals surface area contributed by atoms with E-state index in [4.69, 9.17) is 32.2 Å². The molecule has 0 bridgehead atoms. The summed E-state index contributed by atoms with van der Waals surface area (Å²) in [5, 5.41) is 37.8. The molecule has 12 heteroatoms. The number of rotatable bonds is 26. The van der Waals surface area contributed by atoms with Crippen molar-refractivity contribution in [3.05, 3.63) is 0 Å². The molecule has 0 rings (SSSR count). The summed E-state index contributed by atoms with van der Waals surface area (Å²) < 4.78 is 0. The van der Waals surface area contributed by atoms with Gasteiger partial charge in [-0.2, -0.15) is 0 Å². The van der Waals surface area contributed by atoms with Gasteiger partial charge in [-0.15, -0.1) is 0 Å². The Labute approximate surface area is 245 Å². The minimum absolute atomic E-state index is 0.0880. The molecule has 0 aromatic carbocycles. The third-order valence-electron chi connectivity index (χ3n) is 6.61. The highest BCUT2D eigenvalue weighted by molar-refractivity contribution is 5.83. The number of aliphatic carboxylic acids is 3. The van der Waals surface area contributed by atoms with Gasteiger partial charge in [0.25, 0.3) is 0 Å². The summed E-state index contributed by atoms with van der Waals surface area (Å²) in [5.74, 6) is -3.67. The molecule has 0 fully saturated rings. The second kappa shape index (κ2) is 28.6. The zero-order valence-corrected chi connectivity index (χ0v) is 25.1. The first-order valence-corrected chi connectivity index (χ1v) is 15.3. The third-order valence-corrected chi connectivity index (χ3v) is 6.61. The molecular weight excluding hydrogens is 530 g/mol. The third kappa shape index (κ3) is 31.5. The molecule has 41 heavy (non-hydrogen) atoms. The van der Waals surface area contributed by atoms with Crippen molar-refractivity contribution in [3.63, 3.8) is 0 Å². The van der Waals surface area contributed by atoms with Crippen molar-refractivity contribution in [2.24, 2.45) is 11.5 Å². The van der Waals surface area contributed by atoms with Crippen molar-refractivity contribution in [2.45, 2.75) is 147 Å². The van der Waals surface area contributed by atoms with Crippen LogP contribution in [0.4, 0.5) is 0 Å². The maximum Gasteiger partial charge on any atom is 0.326 e. The van der Waals surface area contributed by atoms with Crippen LogP contribution < -0.4 is 22.1 Å². The predicted molar refractivity (Wildman–Crippen MR) is 161 cm³/mol. The van der Waals surface area contributed by atoms with Crippen LogP contribution in [0.1, 0.15) is 135 Å². The Morgan fingerprint density at radius 1 is 0.683 bits per heavy atom. The highest BCUT2D eigenvalue weighted by Crippen LogP contribution is 2.13. The molecule has 0 aliphatic carbocycles. The van der Waals surface area contributed by atoms with Crippen molar-refractivity contribution in [1.82, 2.24) is 10.6 Å². The number of carbonyl (C=O) groups excluding carboxylic acids is 1. The maximum atomic E-state index is 11.8. The molecule has 0 aromatic rings. The molecule has 0 spiro atoms. The van der Waals surface area contributed by atoms with Gasteiger partial charge in [0, 0.05) is 19.4 Å². The van der Waals surface area contributed by atoms with Gasteiger partial charge in [0.2, 0.25) is 5.91 Å². The number of carbonyl (C=O) groups is 4. The summed E-state index contributed by atoms with van der Waals surface area (Å²) in [6.07, 6.45) is 19.7. The quantitative estimate of drug-likeness (QED) is 0.0405.